The Kier molecular flexibility index (Phi) is 3.58. The second kappa shape index (κ2) is 4.85. The van der Waals surface area contributed by atoms with Gasteiger partial charge in [0.1, 0.15) is 5.82 Å². The van der Waals surface area contributed by atoms with Crippen molar-refractivity contribution in [1.82, 2.24) is 0 Å². The number of dihydropyridines is 1. The Labute approximate surface area is 112 Å². The molecule has 0 spiro atoms. The first-order valence-electron chi connectivity index (χ1n) is 6.09. The molecule has 0 unspecified atom stereocenters. The number of benzene rings is 1. The van der Waals surface area contributed by atoms with E-state index < -0.39 is 0 Å². The van der Waals surface area contributed by atoms with E-state index >= 15 is 0 Å². The molecule has 1 aliphatic heterocycles. The molecular weight excluding hydrogens is 249 g/mol. The van der Waals surface area contributed by atoms with Gasteiger partial charge in [0, 0.05) is 22.7 Å². The SMILES string of the molecule is CC(C)(C)C1=NCCC(c2cc(F)ccc2Cl)=C1. The molecule has 1 aromatic carbocycles. The van der Waals surface area contributed by atoms with Gasteiger partial charge in [-0.2, -0.15) is 0 Å². The van der Waals surface area contributed by atoms with Crippen LogP contribution in [0.15, 0.2) is 29.3 Å². The average Bonchev–Trinajstić information content (AvgIpc) is 2.31. The Morgan fingerprint density at radius 3 is 2.67 bits per heavy atom. The Morgan fingerprint density at radius 2 is 2.00 bits per heavy atom. The van der Waals surface area contributed by atoms with Crippen LogP contribution in [-0.4, -0.2) is 12.3 Å². The zero-order chi connectivity index (χ0) is 13.3. The number of halogens is 2. The minimum Gasteiger partial charge on any atom is -0.289 e. The molecule has 0 saturated carbocycles. The van der Waals surface area contributed by atoms with Crippen LogP contribution in [0.4, 0.5) is 4.39 Å². The van der Waals surface area contributed by atoms with Crippen molar-refractivity contribution in [3.8, 4) is 0 Å². The van der Waals surface area contributed by atoms with Crippen molar-refractivity contribution in [1.29, 1.82) is 0 Å². The molecule has 96 valence electrons. The summed E-state index contributed by atoms with van der Waals surface area (Å²) in [6.45, 7) is 7.11. The van der Waals surface area contributed by atoms with Gasteiger partial charge in [0.2, 0.25) is 0 Å². The minimum absolute atomic E-state index is 0.00543. The van der Waals surface area contributed by atoms with Crippen LogP contribution in [-0.2, 0) is 0 Å². The smallest absolute Gasteiger partial charge is 0.123 e. The lowest BCUT2D eigenvalue weighted by atomic mass is 9.85. The van der Waals surface area contributed by atoms with Gasteiger partial charge < -0.3 is 0 Å². The second-order valence-electron chi connectivity index (χ2n) is 5.56. The Balaban J connectivity index is 2.43. The van der Waals surface area contributed by atoms with Crippen LogP contribution in [0.5, 0.6) is 0 Å². The van der Waals surface area contributed by atoms with Gasteiger partial charge in [0.25, 0.3) is 0 Å². The fourth-order valence-electron chi connectivity index (χ4n) is 1.99. The van der Waals surface area contributed by atoms with E-state index in [1.54, 1.807) is 6.07 Å². The highest BCUT2D eigenvalue weighted by Gasteiger charge is 2.21. The van der Waals surface area contributed by atoms with Crippen LogP contribution in [0.1, 0.15) is 32.8 Å². The molecule has 18 heavy (non-hydrogen) atoms. The predicted octanol–water partition coefficient (Wildman–Crippen LogP) is 4.75. The molecular formula is C15H17ClFN. The highest BCUT2D eigenvalue weighted by molar-refractivity contribution is 6.32. The number of hydrogen-bond acceptors (Lipinski definition) is 1. The Morgan fingerprint density at radius 1 is 1.28 bits per heavy atom. The summed E-state index contributed by atoms with van der Waals surface area (Å²) in [6, 6.07) is 4.49. The lowest BCUT2D eigenvalue weighted by Gasteiger charge is -2.23. The summed E-state index contributed by atoms with van der Waals surface area (Å²) in [5, 5.41) is 0.595. The van der Waals surface area contributed by atoms with E-state index in [1.807, 2.05) is 6.08 Å². The van der Waals surface area contributed by atoms with Crippen molar-refractivity contribution in [3.63, 3.8) is 0 Å². The topological polar surface area (TPSA) is 12.4 Å². The number of nitrogens with zero attached hydrogens (tertiary/aromatic N) is 1. The summed E-state index contributed by atoms with van der Waals surface area (Å²) in [4.78, 5) is 4.53. The van der Waals surface area contributed by atoms with E-state index in [-0.39, 0.29) is 11.2 Å². The van der Waals surface area contributed by atoms with Gasteiger partial charge in [0.15, 0.2) is 0 Å². The van der Waals surface area contributed by atoms with Crippen LogP contribution in [0, 0.1) is 11.2 Å². The van der Waals surface area contributed by atoms with E-state index in [0.29, 0.717) is 5.02 Å². The van der Waals surface area contributed by atoms with Crippen LogP contribution < -0.4 is 0 Å². The molecule has 1 aliphatic rings. The molecule has 0 aliphatic carbocycles. The molecule has 1 heterocycles. The lowest BCUT2D eigenvalue weighted by molar-refractivity contribution is 0.589. The van der Waals surface area contributed by atoms with Gasteiger partial charge in [-0.25, -0.2) is 4.39 Å². The molecule has 2 rings (SSSR count). The molecule has 0 fully saturated rings. The van der Waals surface area contributed by atoms with Gasteiger partial charge in [-0.05, 0) is 41.8 Å². The van der Waals surface area contributed by atoms with E-state index in [0.717, 1.165) is 29.8 Å². The molecule has 0 atom stereocenters. The summed E-state index contributed by atoms with van der Waals surface area (Å²) in [5.74, 6) is -0.255. The van der Waals surface area contributed by atoms with Gasteiger partial charge in [-0.1, -0.05) is 32.4 Å². The lowest BCUT2D eigenvalue weighted by Crippen LogP contribution is -2.21. The van der Waals surface area contributed by atoms with Gasteiger partial charge in [0.05, 0.1) is 0 Å². The number of aliphatic imine (C=N–C) groups is 1. The maximum atomic E-state index is 13.3. The van der Waals surface area contributed by atoms with Gasteiger partial charge >= 0.3 is 0 Å². The van der Waals surface area contributed by atoms with Crippen molar-refractivity contribution in [2.45, 2.75) is 27.2 Å². The van der Waals surface area contributed by atoms with Crippen molar-refractivity contribution in [2.75, 3.05) is 6.54 Å². The van der Waals surface area contributed by atoms with Crippen LogP contribution in [0.2, 0.25) is 5.02 Å². The zero-order valence-corrected chi connectivity index (χ0v) is 11.7. The van der Waals surface area contributed by atoms with E-state index in [2.05, 4.69) is 25.8 Å². The molecule has 0 amide bonds. The summed E-state index contributed by atoms with van der Waals surface area (Å²) in [6.07, 6.45) is 2.85. The van der Waals surface area contributed by atoms with Crippen LogP contribution >= 0.6 is 11.6 Å². The summed E-state index contributed by atoms with van der Waals surface area (Å²) >= 11 is 6.14. The molecule has 1 aromatic rings. The zero-order valence-electron chi connectivity index (χ0n) is 10.9. The minimum atomic E-state index is -0.255. The molecule has 0 bridgehead atoms. The third kappa shape index (κ3) is 2.81. The van der Waals surface area contributed by atoms with E-state index in [4.69, 9.17) is 11.6 Å². The third-order valence-electron chi connectivity index (χ3n) is 3.02. The maximum Gasteiger partial charge on any atom is 0.123 e. The van der Waals surface area contributed by atoms with Crippen molar-refractivity contribution < 1.29 is 4.39 Å². The van der Waals surface area contributed by atoms with Gasteiger partial charge in [-0.3, -0.25) is 4.99 Å². The monoisotopic (exact) mass is 265 g/mol. The second-order valence-corrected chi connectivity index (χ2v) is 5.97. The first kappa shape index (κ1) is 13.3. The van der Waals surface area contributed by atoms with Crippen molar-refractivity contribution >= 4 is 22.9 Å². The highest BCUT2D eigenvalue weighted by Crippen LogP contribution is 2.31. The first-order valence-corrected chi connectivity index (χ1v) is 6.46. The molecule has 0 N–H and O–H groups in total. The molecule has 1 nitrogen and oxygen atoms in total. The van der Waals surface area contributed by atoms with E-state index in [9.17, 15) is 4.39 Å². The number of hydrogen-bond donors (Lipinski definition) is 0. The summed E-state index contributed by atoms with van der Waals surface area (Å²) < 4.78 is 13.3. The quantitative estimate of drug-likeness (QED) is 0.695. The van der Waals surface area contributed by atoms with Gasteiger partial charge in [-0.15, -0.1) is 0 Å². The van der Waals surface area contributed by atoms with Crippen molar-refractivity contribution in [3.05, 3.63) is 40.7 Å². The summed E-state index contributed by atoms with van der Waals surface area (Å²) in [5.41, 5.74) is 2.91. The van der Waals surface area contributed by atoms with Crippen LogP contribution in [0.3, 0.4) is 0 Å². The standard InChI is InChI=1S/C15H17ClFN/c1-15(2,3)14-8-10(6-7-18-14)12-9-11(17)4-5-13(12)16/h4-5,8-9H,6-7H2,1-3H3. The predicted molar refractivity (Wildman–Crippen MR) is 75.8 cm³/mol. The third-order valence-corrected chi connectivity index (χ3v) is 3.35. The van der Waals surface area contributed by atoms with Crippen LogP contribution in [0.25, 0.3) is 5.57 Å². The highest BCUT2D eigenvalue weighted by atomic mass is 35.5. The first-order chi connectivity index (χ1) is 8.38. The Bertz CT molecular complexity index is 524. The average molecular weight is 266 g/mol. The molecule has 3 heteroatoms. The summed E-state index contributed by atoms with van der Waals surface area (Å²) in [7, 11) is 0. The van der Waals surface area contributed by atoms with Crippen molar-refractivity contribution in [2.24, 2.45) is 10.4 Å². The normalized spacial score (nSPS) is 16.3. The maximum absolute atomic E-state index is 13.3. The van der Waals surface area contributed by atoms with E-state index in [1.165, 1.54) is 12.1 Å². The molecule has 0 saturated heterocycles. The largest absolute Gasteiger partial charge is 0.289 e. The fourth-order valence-corrected chi connectivity index (χ4v) is 2.23. The number of allylic oxidation sites excluding steroid dienone is 1. The Hall–Kier alpha value is -1.15. The molecule has 0 aromatic heterocycles. The number of rotatable bonds is 1. The fraction of sp³-hybridized carbons (Fsp3) is 0.400. The molecule has 0 radical (unpaired) electrons.